The quantitative estimate of drug-likeness (QED) is 0.784. The number of benzene rings is 1. The number of thioether (sulfide) groups is 1. The lowest BCUT2D eigenvalue weighted by Crippen LogP contribution is -2.36. The Morgan fingerprint density at radius 3 is 3.00 bits per heavy atom. The van der Waals surface area contributed by atoms with Crippen LogP contribution >= 0.6 is 11.8 Å². The zero-order valence-corrected chi connectivity index (χ0v) is 13.5. The van der Waals surface area contributed by atoms with Crippen molar-refractivity contribution in [1.29, 1.82) is 0 Å². The Kier molecular flexibility index (Phi) is 4.69. The van der Waals surface area contributed by atoms with Crippen LogP contribution in [0.5, 0.6) is 0 Å². The third-order valence-corrected chi connectivity index (χ3v) is 4.90. The summed E-state index contributed by atoms with van der Waals surface area (Å²) in [6.07, 6.45) is 2.05. The molecule has 1 fully saturated rings. The minimum absolute atomic E-state index is 0.0722. The minimum Gasteiger partial charge on any atom is -0.382 e. The summed E-state index contributed by atoms with van der Waals surface area (Å²) in [4.78, 5) is 24.2. The predicted molar refractivity (Wildman–Crippen MR) is 89.4 cm³/mol. The lowest BCUT2D eigenvalue weighted by Gasteiger charge is -2.13. The Balaban J connectivity index is 1.40. The van der Waals surface area contributed by atoms with E-state index in [0.29, 0.717) is 24.9 Å². The van der Waals surface area contributed by atoms with Gasteiger partial charge in [-0.25, -0.2) is 0 Å². The topological polar surface area (TPSA) is 61.4 Å². The number of hydrogen-bond donors (Lipinski definition) is 2. The molecule has 6 heteroatoms. The number of carbonyl (C=O) groups is 2. The van der Waals surface area contributed by atoms with Crippen molar-refractivity contribution in [2.45, 2.75) is 25.8 Å². The van der Waals surface area contributed by atoms with Crippen LogP contribution in [0.15, 0.2) is 18.2 Å². The van der Waals surface area contributed by atoms with Crippen LogP contribution < -0.4 is 10.6 Å². The van der Waals surface area contributed by atoms with Crippen molar-refractivity contribution < 1.29 is 9.59 Å². The average molecular weight is 319 g/mol. The summed E-state index contributed by atoms with van der Waals surface area (Å²) in [5, 5.41) is 6.64. The number of imide groups is 1. The van der Waals surface area contributed by atoms with Crippen molar-refractivity contribution >= 4 is 28.6 Å². The van der Waals surface area contributed by atoms with Gasteiger partial charge >= 0.3 is 0 Å². The third-order valence-electron chi connectivity index (χ3n) is 4.04. The van der Waals surface area contributed by atoms with Gasteiger partial charge in [-0.3, -0.25) is 14.5 Å². The fraction of sp³-hybridized carbons (Fsp3) is 0.500. The molecular weight excluding hydrogens is 298 g/mol. The molecule has 2 N–H and O–H groups in total. The van der Waals surface area contributed by atoms with Crippen LogP contribution in [0.4, 0.5) is 10.5 Å². The van der Waals surface area contributed by atoms with Crippen molar-refractivity contribution in [2.24, 2.45) is 0 Å². The van der Waals surface area contributed by atoms with Crippen molar-refractivity contribution in [3.8, 4) is 0 Å². The maximum atomic E-state index is 11.5. The molecule has 2 heterocycles. The minimum atomic E-state index is -0.118. The standard InChI is InChI=1S/C16H21N3O2S/c1-11-8-13-9-12(2-3-14(13)18-11)4-5-17-6-7-19-15(20)10-22-16(19)21/h2-3,9,11,17-18H,4-8,10H2,1H3. The number of rotatable bonds is 6. The molecule has 1 aromatic rings. The summed E-state index contributed by atoms with van der Waals surface area (Å²) in [6.45, 7) is 4.17. The van der Waals surface area contributed by atoms with E-state index in [2.05, 4.69) is 35.8 Å². The molecule has 1 unspecified atom stereocenters. The van der Waals surface area contributed by atoms with Gasteiger partial charge in [0.2, 0.25) is 5.91 Å². The third kappa shape index (κ3) is 3.44. The summed E-state index contributed by atoms with van der Waals surface area (Å²) in [5.41, 5.74) is 3.98. The van der Waals surface area contributed by atoms with Gasteiger partial charge in [0.25, 0.3) is 5.24 Å². The zero-order chi connectivity index (χ0) is 15.5. The first-order chi connectivity index (χ1) is 10.6. The van der Waals surface area contributed by atoms with E-state index in [0.717, 1.165) is 31.1 Å². The molecule has 118 valence electrons. The number of amides is 2. The summed E-state index contributed by atoms with van der Waals surface area (Å²) < 4.78 is 0. The highest BCUT2D eigenvalue weighted by Crippen LogP contribution is 2.26. The average Bonchev–Trinajstić information content (AvgIpc) is 3.01. The van der Waals surface area contributed by atoms with Crippen molar-refractivity contribution in [3.63, 3.8) is 0 Å². The van der Waals surface area contributed by atoms with Gasteiger partial charge in [0.15, 0.2) is 0 Å². The number of nitrogens with zero attached hydrogens (tertiary/aromatic N) is 1. The molecule has 0 aliphatic carbocycles. The first-order valence-corrected chi connectivity index (χ1v) is 8.68. The molecule has 0 bridgehead atoms. The van der Waals surface area contributed by atoms with Gasteiger partial charge in [0, 0.05) is 24.8 Å². The number of anilines is 1. The van der Waals surface area contributed by atoms with Gasteiger partial charge in [0.1, 0.15) is 0 Å². The molecule has 2 aliphatic heterocycles. The molecule has 3 rings (SSSR count). The van der Waals surface area contributed by atoms with Crippen LogP contribution in [0.25, 0.3) is 0 Å². The Morgan fingerprint density at radius 1 is 1.36 bits per heavy atom. The molecule has 0 aromatic heterocycles. The molecule has 22 heavy (non-hydrogen) atoms. The van der Waals surface area contributed by atoms with Crippen molar-refractivity contribution in [2.75, 3.05) is 30.7 Å². The van der Waals surface area contributed by atoms with E-state index in [9.17, 15) is 9.59 Å². The van der Waals surface area contributed by atoms with Crippen LogP contribution in [-0.4, -0.2) is 47.5 Å². The highest BCUT2D eigenvalue weighted by atomic mass is 32.2. The van der Waals surface area contributed by atoms with Gasteiger partial charge in [0.05, 0.1) is 5.75 Å². The molecule has 1 atom stereocenters. The highest BCUT2D eigenvalue weighted by molar-refractivity contribution is 8.14. The van der Waals surface area contributed by atoms with E-state index < -0.39 is 0 Å². The Bertz CT molecular complexity index is 575. The predicted octanol–water partition coefficient (Wildman–Crippen LogP) is 1.87. The molecule has 2 amide bonds. The normalized spacial score (nSPS) is 20.4. The summed E-state index contributed by atoms with van der Waals surface area (Å²) in [6, 6.07) is 7.12. The van der Waals surface area contributed by atoms with Crippen LogP contribution in [0.3, 0.4) is 0 Å². The number of fused-ring (bicyclic) bond motifs is 1. The number of nitrogens with one attached hydrogen (secondary N) is 2. The summed E-state index contributed by atoms with van der Waals surface area (Å²) >= 11 is 1.09. The molecule has 1 aromatic carbocycles. The second-order valence-corrected chi connectivity index (χ2v) is 6.77. The van der Waals surface area contributed by atoms with Gasteiger partial charge < -0.3 is 10.6 Å². The van der Waals surface area contributed by atoms with Crippen LogP contribution in [0.2, 0.25) is 0 Å². The molecule has 5 nitrogen and oxygen atoms in total. The Hall–Kier alpha value is -1.53. The van der Waals surface area contributed by atoms with Crippen LogP contribution in [-0.2, 0) is 17.6 Å². The van der Waals surface area contributed by atoms with E-state index >= 15 is 0 Å². The van der Waals surface area contributed by atoms with Gasteiger partial charge in [-0.15, -0.1) is 0 Å². The second-order valence-electron chi connectivity index (χ2n) is 5.84. The van der Waals surface area contributed by atoms with E-state index in [1.54, 1.807) is 0 Å². The largest absolute Gasteiger partial charge is 0.382 e. The maximum absolute atomic E-state index is 11.5. The summed E-state index contributed by atoms with van der Waals surface area (Å²) in [5.74, 6) is 0.220. The highest BCUT2D eigenvalue weighted by Gasteiger charge is 2.28. The van der Waals surface area contributed by atoms with Crippen LogP contribution in [0, 0.1) is 0 Å². The fourth-order valence-corrected chi connectivity index (χ4v) is 3.66. The Morgan fingerprint density at radius 2 is 2.23 bits per heavy atom. The lowest BCUT2D eigenvalue weighted by molar-refractivity contribution is -0.124. The van der Waals surface area contributed by atoms with Crippen LogP contribution in [0.1, 0.15) is 18.1 Å². The lowest BCUT2D eigenvalue weighted by atomic mass is 10.0. The van der Waals surface area contributed by atoms with E-state index in [1.165, 1.54) is 21.7 Å². The maximum Gasteiger partial charge on any atom is 0.288 e. The fourth-order valence-electron chi connectivity index (χ4n) is 2.90. The molecule has 0 radical (unpaired) electrons. The molecule has 2 aliphatic rings. The van der Waals surface area contributed by atoms with Gasteiger partial charge in [-0.1, -0.05) is 23.9 Å². The summed E-state index contributed by atoms with van der Waals surface area (Å²) in [7, 11) is 0. The smallest absolute Gasteiger partial charge is 0.288 e. The molecule has 1 saturated heterocycles. The first kappa shape index (κ1) is 15.4. The van der Waals surface area contributed by atoms with Gasteiger partial charge in [-0.2, -0.15) is 0 Å². The SMILES string of the molecule is CC1Cc2cc(CCNCCN3C(=O)CSC3=O)ccc2N1. The molecule has 0 spiro atoms. The van der Waals surface area contributed by atoms with Crippen molar-refractivity contribution in [3.05, 3.63) is 29.3 Å². The van der Waals surface area contributed by atoms with Crippen molar-refractivity contribution in [1.82, 2.24) is 10.2 Å². The van der Waals surface area contributed by atoms with E-state index in [-0.39, 0.29) is 11.1 Å². The number of hydrogen-bond acceptors (Lipinski definition) is 5. The second kappa shape index (κ2) is 6.71. The first-order valence-electron chi connectivity index (χ1n) is 7.69. The van der Waals surface area contributed by atoms with E-state index in [4.69, 9.17) is 0 Å². The molecule has 0 saturated carbocycles. The van der Waals surface area contributed by atoms with Gasteiger partial charge in [-0.05, 0) is 43.5 Å². The monoisotopic (exact) mass is 319 g/mol. The van der Waals surface area contributed by atoms with E-state index in [1.807, 2.05) is 0 Å². The molecular formula is C16H21N3O2S. The Labute approximate surface area is 134 Å². The zero-order valence-electron chi connectivity index (χ0n) is 12.7. The number of carbonyl (C=O) groups excluding carboxylic acids is 2.